The summed E-state index contributed by atoms with van der Waals surface area (Å²) < 4.78 is 57.1. The molecule has 1 rings (SSSR count). The van der Waals surface area contributed by atoms with E-state index in [-0.39, 0.29) is 30.6 Å². The molecule has 0 amide bonds. The fourth-order valence-corrected chi connectivity index (χ4v) is 4.83. The Morgan fingerprint density at radius 2 is 1.34 bits per heavy atom. The molecule has 0 saturated carbocycles. The zero-order chi connectivity index (χ0) is 23.9. The average Bonchev–Trinajstić information content (AvgIpc) is 2.73. The van der Waals surface area contributed by atoms with E-state index >= 15 is 0 Å². The van der Waals surface area contributed by atoms with E-state index in [2.05, 4.69) is 6.92 Å². The average molecular weight is 476 g/mol. The van der Waals surface area contributed by atoms with Crippen LogP contribution in [0.5, 0.6) is 5.75 Å². The summed E-state index contributed by atoms with van der Waals surface area (Å²) in [5.41, 5.74) is 0.424. The van der Waals surface area contributed by atoms with Crippen LogP contribution in [0.2, 0.25) is 0 Å². The SMILES string of the molecule is CCCCCCCCCCCCCCC(F)(F)CCCc1cc(OC)ccc1S(N)(=O)=O. The van der Waals surface area contributed by atoms with Gasteiger partial charge in [-0.25, -0.2) is 22.3 Å². The third kappa shape index (κ3) is 12.7. The van der Waals surface area contributed by atoms with Crippen LogP contribution in [-0.2, 0) is 16.4 Å². The largest absolute Gasteiger partial charge is 0.497 e. The van der Waals surface area contributed by atoms with Gasteiger partial charge in [-0.15, -0.1) is 0 Å². The molecule has 186 valence electrons. The van der Waals surface area contributed by atoms with Crippen LogP contribution in [0.3, 0.4) is 0 Å². The van der Waals surface area contributed by atoms with Crippen LogP contribution in [0.25, 0.3) is 0 Å². The highest BCUT2D eigenvalue weighted by Crippen LogP contribution is 2.30. The zero-order valence-corrected chi connectivity index (χ0v) is 20.8. The molecule has 0 unspecified atom stereocenters. The van der Waals surface area contributed by atoms with Crippen molar-refractivity contribution in [3.05, 3.63) is 23.8 Å². The van der Waals surface area contributed by atoms with Gasteiger partial charge in [0.2, 0.25) is 15.9 Å². The Hall–Kier alpha value is -1.21. The molecular weight excluding hydrogens is 432 g/mol. The molecule has 0 atom stereocenters. The molecule has 0 fully saturated rings. The Kier molecular flexibility index (Phi) is 14.0. The van der Waals surface area contributed by atoms with Crippen LogP contribution in [0.4, 0.5) is 8.78 Å². The van der Waals surface area contributed by atoms with Gasteiger partial charge in [-0.2, -0.15) is 0 Å². The molecule has 0 aliphatic heterocycles. The third-order valence-corrected chi connectivity index (χ3v) is 6.97. The summed E-state index contributed by atoms with van der Waals surface area (Å²) in [6.07, 6.45) is 14.0. The van der Waals surface area contributed by atoms with Gasteiger partial charge < -0.3 is 4.74 Å². The van der Waals surface area contributed by atoms with Crippen LogP contribution in [-0.4, -0.2) is 21.5 Å². The number of halogens is 2. The van der Waals surface area contributed by atoms with E-state index in [0.717, 1.165) is 19.3 Å². The summed E-state index contributed by atoms with van der Waals surface area (Å²) in [5.74, 6) is -2.24. The minimum absolute atomic E-state index is 0.0254. The summed E-state index contributed by atoms with van der Waals surface area (Å²) in [6, 6.07) is 4.43. The lowest BCUT2D eigenvalue weighted by molar-refractivity contribution is -0.0200. The van der Waals surface area contributed by atoms with Crippen molar-refractivity contribution in [2.45, 2.75) is 120 Å². The molecule has 0 heterocycles. The standard InChI is InChI=1S/C25H43F2NO3S/c1-3-4-5-6-7-8-9-10-11-12-13-14-19-25(26,27)20-15-16-22-21-23(31-2)17-18-24(22)32(28,29)30/h17-18,21H,3-16,19-20H2,1-2H3,(H2,28,29,30). The van der Waals surface area contributed by atoms with Crippen molar-refractivity contribution in [1.82, 2.24) is 0 Å². The maximum Gasteiger partial charge on any atom is 0.248 e. The Labute approximate surface area is 194 Å². The van der Waals surface area contributed by atoms with E-state index in [0.29, 0.717) is 17.7 Å². The quantitative estimate of drug-likeness (QED) is 0.212. The predicted molar refractivity (Wildman–Crippen MR) is 128 cm³/mol. The fraction of sp³-hybridized carbons (Fsp3) is 0.760. The van der Waals surface area contributed by atoms with E-state index in [1.165, 1.54) is 70.6 Å². The second-order valence-corrected chi connectivity index (χ2v) is 10.4. The second-order valence-electron chi connectivity index (χ2n) is 8.87. The first-order valence-corrected chi connectivity index (χ1v) is 13.8. The van der Waals surface area contributed by atoms with Crippen LogP contribution >= 0.6 is 0 Å². The molecule has 0 aromatic heterocycles. The molecular formula is C25H43F2NO3S. The third-order valence-electron chi connectivity index (χ3n) is 5.96. The van der Waals surface area contributed by atoms with Crippen molar-refractivity contribution in [3.63, 3.8) is 0 Å². The normalized spacial score (nSPS) is 12.3. The van der Waals surface area contributed by atoms with Crippen LogP contribution in [0, 0.1) is 0 Å². The number of methoxy groups -OCH3 is 1. The van der Waals surface area contributed by atoms with E-state index < -0.39 is 15.9 Å². The van der Waals surface area contributed by atoms with Crippen molar-refractivity contribution in [1.29, 1.82) is 0 Å². The molecule has 32 heavy (non-hydrogen) atoms. The van der Waals surface area contributed by atoms with Gasteiger partial charge in [-0.1, -0.05) is 77.6 Å². The first-order valence-electron chi connectivity index (χ1n) is 12.3. The van der Waals surface area contributed by atoms with Crippen molar-refractivity contribution >= 4 is 10.0 Å². The maximum atomic E-state index is 14.2. The number of rotatable bonds is 19. The number of primary sulfonamides is 1. The lowest BCUT2D eigenvalue weighted by Crippen LogP contribution is -2.17. The minimum atomic E-state index is -3.90. The molecule has 0 spiro atoms. The number of alkyl halides is 2. The number of ether oxygens (including phenoxy) is 1. The molecule has 4 nitrogen and oxygen atoms in total. The molecule has 1 aromatic carbocycles. The Morgan fingerprint density at radius 1 is 0.844 bits per heavy atom. The van der Waals surface area contributed by atoms with Crippen LogP contribution < -0.4 is 9.88 Å². The summed E-state index contributed by atoms with van der Waals surface area (Å²) in [5, 5.41) is 5.25. The molecule has 7 heteroatoms. The van der Waals surface area contributed by atoms with Gasteiger partial charge in [0.05, 0.1) is 12.0 Å². The molecule has 0 radical (unpaired) electrons. The second kappa shape index (κ2) is 15.6. The van der Waals surface area contributed by atoms with Gasteiger partial charge in [0, 0.05) is 12.8 Å². The molecule has 0 saturated heterocycles. The van der Waals surface area contributed by atoms with Crippen molar-refractivity contribution in [2.24, 2.45) is 5.14 Å². The molecule has 1 aromatic rings. The van der Waals surface area contributed by atoms with Gasteiger partial charge in [0.25, 0.3) is 0 Å². The van der Waals surface area contributed by atoms with Gasteiger partial charge in [0.15, 0.2) is 0 Å². The summed E-state index contributed by atoms with van der Waals surface area (Å²) in [6.45, 7) is 2.23. The number of nitrogens with two attached hydrogens (primary N) is 1. The van der Waals surface area contributed by atoms with Gasteiger partial charge >= 0.3 is 0 Å². The molecule has 0 bridgehead atoms. The molecule has 0 aliphatic rings. The van der Waals surface area contributed by atoms with Crippen LogP contribution in [0.15, 0.2) is 23.1 Å². The lowest BCUT2D eigenvalue weighted by Gasteiger charge is -2.17. The number of unbranched alkanes of at least 4 members (excludes halogenated alkanes) is 11. The van der Waals surface area contributed by atoms with Crippen molar-refractivity contribution in [3.8, 4) is 5.75 Å². The highest BCUT2D eigenvalue weighted by atomic mass is 32.2. The van der Waals surface area contributed by atoms with E-state index in [9.17, 15) is 17.2 Å². The van der Waals surface area contributed by atoms with E-state index in [1.54, 1.807) is 6.07 Å². The number of aryl methyl sites for hydroxylation is 1. The highest BCUT2D eigenvalue weighted by Gasteiger charge is 2.27. The Morgan fingerprint density at radius 3 is 1.84 bits per heavy atom. The summed E-state index contributed by atoms with van der Waals surface area (Å²) >= 11 is 0. The van der Waals surface area contributed by atoms with E-state index in [4.69, 9.17) is 9.88 Å². The van der Waals surface area contributed by atoms with Crippen LogP contribution in [0.1, 0.15) is 109 Å². The first kappa shape index (κ1) is 28.8. The summed E-state index contributed by atoms with van der Waals surface area (Å²) in [7, 11) is -2.43. The Balaban J connectivity index is 2.22. The van der Waals surface area contributed by atoms with Crippen molar-refractivity contribution in [2.75, 3.05) is 7.11 Å². The molecule has 0 aliphatic carbocycles. The highest BCUT2D eigenvalue weighted by molar-refractivity contribution is 7.89. The van der Waals surface area contributed by atoms with Gasteiger partial charge in [-0.3, -0.25) is 0 Å². The zero-order valence-electron chi connectivity index (χ0n) is 20.0. The number of hydrogen-bond acceptors (Lipinski definition) is 3. The maximum absolute atomic E-state index is 14.2. The van der Waals surface area contributed by atoms with E-state index in [1.807, 2.05) is 0 Å². The lowest BCUT2D eigenvalue weighted by atomic mass is 10.00. The number of sulfonamides is 1. The molecule has 2 N–H and O–H groups in total. The Bertz CT molecular complexity index is 739. The van der Waals surface area contributed by atoms with Crippen molar-refractivity contribution < 1.29 is 21.9 Å². The fourth-order valence-electron chi connectivity index (χ4n) is 4.04. The number of benzene rings is 1. The van der Waals surface area contributed by atoms with Gasteiger partial charge in [-0.05, 0) is 43.0 Å². The summed E-state index contributed by atoms with van der Waals surface area (Å²) in [4.78, 5) is -0.0254. The first-order chi connectivity index (χ1) is 15.2. The smallest absolute Gasteiger partial charge is 0.248 e. The minimum Gasteiger partial charge on any atom is -0.497 e. The monoisotopic (exact) mass is 475 g/mol. The van der Waals surface area contributed by atoms with Gasteiger partial charge in [0.1, 0.15) is 5.75 Å². The predicted octanol–water partition coefficient (Wildman–Crippen LogP) is 7.39. The topological polar surface area (TPSA) is 69.4 Å². The number of hydrogen-bond donors (Lipinski definition) is 1.